The van der Waals surface area contributed by atoms with Gasteiger partial charge in [-0.2, -0.15) is 0 Å². The Morgan fingerprint density at radius 3 is 2.56 bits per heavy atom. The predicted octanol–water partition coefficient (Wildman–Crippen LogP) is 1.89. The second-order valence-corrected chi connectivity index (χ2v) is 4.38. The monoisotopic (exact) mass is 249 g/mol. The molecule has 0 aromatic heterocycles. The molecule has 96 valence electrons. The molecule has 0 fully saturated rings. The van der Waals surface area contributed by atoms with E-state index in [-0.39, 0.29) is 17.3 Å². The highest BCUT2D eigenvalue weighted by Gasteiger charge is 2.24. The van der Waals surface area contributed by atoms with Crippen LogP contribution >= 0.6 is 0 Å². The van der Waals surface area contributed by atoms with Crippen LogP contribution in [0.1, 0.15) is 25.0 Å². The van der Waals surface area contributed by atoms with Gasteiger partial charge in [0.1, 0.15) is 5.69 Å². The van der Waals surface area contributed by atoms with Crippen LogP contribution in [-0.4, -0.2) is 22.3 Å². The first-order valence-corrected chi connectivity index (χ1v) is 5.81. The molecule has 6 heteroatoms. The number of hydrogen-bond acceptors (Lipinski definition) is 4. The van der Waals surface area contributed by atoms with Crippen molar-refractivity contribution < 1.29 is 9.72 Å². The summed E-state index contributed by atoms with van der Waals surface area (Å²) >= 11 is 0. The van der Waals surface area contributed by atoms with Crippen LogP contribution in [0, 0.1) is 10.1 Å². The van der Waals surface area contributed by atoms with E-state index in [9.17, 15) is 14.9 Å². The fourth-order valence-electron chi connectivity index (χ4n) is 2.17. The van der Waals surface area contributed by atoms with Gasteiger partial charge in [-0.15, -0.1) is 0 Å². The van der Waals surface area contributed by atoms with Crippen LogP contribution in [0.15, 0.2) is 12.1 Å². The molecule has 0 aliphatic carbocycles. The van der Waals surface area contributed by atoms with Crippen LogP contribution in [0.5, 0.6) is 0 Å². The minimum atomic E-state index is -0.458. The number of anilines is 1. The van der Waals surface area contributed by atoms with Gasteiger partial charge in [-0.25, -0.2) is 0 Å². The number of nitrogens with zero attached hydrogens (tertiary/aromatic N) is 2. The summed E-state index contributed by atoms with van der Waals surface area (Å²) in [7, 11) is 0. The minimum absolute atomic E-state index is 0.0399. The average Bonchev–Trinajstić information content (AvgIpc) is 2.68. The van der Waals surface area contributed by atoms with Crippen LogP contribution in [0.2, 0.25) is 0 Å². The summed E-state index contributed by atoms with van der Waals surface area (Å²) in [5.74, 6) is -0.302. The minimum Gasteiger partial charge on any atom is -0.321 e. The van der Waals surface area contributed by atoms with E-state index in [1.54, 1.807) is 12.1 Å². The lowest BCUT2D eigenvalue weighted by atomic mass is 10.1. The molecular formula is C12H15N3O3. The molecule has 18 heavy (non-hydrogen) atoms. The molecule has 0 saturated carbocycles. The molecule has 0 unspecified atom stereocenters. The average molecular weight is 249 g/mol. The summed E-state index contributed by atoms with van der Waals surface area (Å²) in [6.45, 7) is 5.80. The van der Waals surface area contributed by atoms with Crippen LogP contribution in [0.4, 0.5) is 11.4 Å². The smallest absolute Gasteiger partial charge is 0.293 e. The third-order valence-corrected chi connectivity index (χ3v) is 3.06. The largest absolute Gasteiger partial charge is 0.321 e. The van der Waals surface area contributed by atoms with Gasteiger partial charge < -0.3 is 5.32 Å². The summed E-state index contributed by atoms with van der Waals surface area (Å²) in [5.41, 5.74) is 2.26. The van der Waals surface area contributed by atoms with Crippen molar-refractivity contribution >= 4 is 17.3 Å². The lowest BCUT2D eigenvalue weighted by molar-refractivity contribution is -0.384. The third-order valence-electron chi connectivity index (χ3n) is 3.06. The molecule has 0 radical (unpaired) electrons. The highest BCUT2D eigenvalue weighted by atomic mass is 16.6. The van der Waals surface area contributed by atoms with E-state index in [0.717, 1.165) is 30.8 Å². The number of benzene rings is 1. The normalized spacial score (nSPS) is 14.3. The van der Waals surface area contributed by atoms with Crippen molar-refractivity contribution in [2.45, 2.75) is 26.9 Å². The number of nitro groups is 1. The number of fused-ring (bicyclic) bond motifs is 1. The zero-order valence-electron chi connectivity index (χ0n) is 10.4. The van der Waals surface area contributed by atoms with Crippen LogP contribution < -0.4 is 5.32 Å². The summed E-state index contributed by atoms with van der Waals surface area (Å²) in [6.07, 6.45) is 0. The Balaban J connectivity index is 2.42. The SMILES string of the molecule is CCN1Cc2cc(NC(C)=O)c([N+](=O)[O-])cc2C1. The van der Waals surface area contributed by atoms with Gasteiger partial charge in [0.05, 0.1) is 4.92 Å². The maximum atomic E-state index is 11.1. The first kappa shape index (κ1) is 12.5. The second kappa shape index (κ2) is 4.73. The van der Waals surface area contributed by atoms with Crippen molar-refractivity contribution in [1.82, 2.24) is 4.90 Å². The van der Waals surface area contributed by atoms with E-state index in [0.29, 0.717) is 0 Å². The molecule has 1 aromatic carbocycles. The van der Waals surface area contributed by atoms with Gasteiger partial charge in [0.2, 0.25) is 5.91 Å². The zero-order valence-corrected chi connectivity index (χ0v) is 10.4. The quantitative estimate of drug-likeness (QED) is 0.655. The molecular weight excluding hydrogens is 234 g/mol. The molecule has 0 bridgehead atoms. The first-order chi connectivity index (χ1) is 8.51. The number of carbonyl (C=O) groups excluding carboxylic acids is 1. The lowest BCUT2D eigenvalue weighted by Gasteiger charge is -2.09. The standard InChI is InChI=1S/C12H15N3O3/c1-3-14-6-9-4-11(13-8(2)16)12(15(17)18)5-10(9)7-14/h4-5H,3,6-7H2,1-2H3,(H,13,16). The molecule has 0 saturated heterocycles. The first-order valence-electron chi connectivity index (χ1n) is 5.81. The molecule has 6 nitrogen and oxygen atoms in total. The summed E-state index contributed by atoms with van der Waals surface area (Å²) in [4.78, 5) is 23.8. The Morgan fingerprint density at radius 2 is 2.06 bits per heavy atom. The number of hydrogen-bond donors (Lipinski definition) is 1. The van der Waals surface area contributed by atoms with Gasteiger partial charge in [0.25, 0.3) is 5.69 Å². The molecule has 0 spiro atoms. The molecule has 1 aliphatic rings. The molecule has 1 aromatic rings. The van der Waals surface area contributed by atoms with Crippen molar-refractivity contribution in [2.75, 3.05) is 11.9 Å². The van der Waals surface area contributed by atoms with Gasteiger partial charge in [-0.05, 0) is 23.7 Å². The van der Waals surface area contributed by atoms with Crippen molar-refractivity contribution in [3.63, 3.8) is 0 Å². The zero-order chi connectivity index (χ0) is 13.3. The lowest BCUT2D eigenvalue weighted by Crippen LogP contribution is -2.14. The maximum Gasteiger partial charge on any atom is 0.293 e. The highest BCUT2D eigenvalue weighted by molar-refractivity contribution is 5.91. The maximum absolute atomic E-state index is 11.1. The van der Waals surface area contributed by atoms with E-state index in [2.05, 4.69) is 17.1 Å². The molecule has 1 heterocycles. The molecule has 1 amide bonds. The van der Waals surface area contributed by atoms with Crippen LogP contribution in [0.3, 0.4) is 0 Å². The predicted molar refractivity (Wildman–Crippen MR) is 67.2 cm³/mol. The molecule has 1 N–H and O–H groups in total. The number of nitro benzene ring substituents is 1. The van der Waals surface area contributed by atoms with E-state index in [4.69, 9.17) is 0 Å². The fourth-order valence-corrected chi connectivity index (χ4v) is 2.17. The number of rotatable bonds is 3. The van der Waals surface area contributed by atoms with Crippen molar-refractivity contribution in [1.29, 1.82) is 0 Å². The van der Waals surface area contributed by atoms with Crippen LogP contribution in [-0.2, 0) is 17.9 Å². The Bertz CT molecular complexity index is 514. The fraction of sp³-hybridized carbons (Fsp3) is 0.417. The Kier molecular flexibility index (Phi) is 3.29. The Hall–Kier alpha value is -1.95. The number of carbonyl (C=O) groups is 1. The molecule has 2 rings (SSSR count). The third kappa shape index (κ3) is 2.33. The Morgan fingerprint density at radius 1 is 1.44 bits per heavy atom. The summed E-state index contributed by atoms with van der Waals surface area (Å²) in [5, 5.41) is 13.5. The second-order valence-electron chi connectivity index (χ2n) is 4.38. The summed E-state index contributed by atoms with van der Waals surface area (Å²) < 4.78 is 0. The Labute approximate surface area is 105 Å². The van der Waals surface area contributed by atoms with Crippen molar-refractivity contribution in [2.24, 2.45) is 0 Å². The van der Waals surface area contributed by atoms with E-state index in [1.165, 1.54) is 6.92 Å². The van der Waals surface area contributed by atoms with E-state index < -0.39 is 4.92 Å². The van der Waals surface area contributed by atoms with Crippen molar-refractivity contribution in [3.05, 3.63) is 33.4 Å². The summed E-state index contributed by atoms with van der Waals surface area (Å²) in [6, 6.07) is 3.28. The van der Waals surface area contributed by atoms with Gasteiger partial charge in [0, 0.05) is 26.1 Å². The van der Waals surface area contributed by atoms with Crippen molar-refractivity contribution in [3.8, 4) is 0 Å². The van der Waals surface area contributed by atoms with E-state index >= 15 is 0 Å². The molecule has 0 atom stereocenters. The number of nitrogens with one attached hydrogen (secondary N) is 1. The van der Waals surface area contributed by atoms with Gasteiger partial charge in [0.15, 0.2) is 0 Å². The van der Waals surface area contributed by atoms with E-state index in [1.807, 2.05) is 0 Å². The number of amides is 1. The highest BCUT2D eigenvalue weighted by Crippen LogP contribution is 2.33. The van der Waals surface area contributed by atoms with Crippen LogP contribution in [0.25, 0.3) is 0 Å². The topological polar surface area (TPSA) is 75.5 Å². The van der Waals surface area contributed by atoms with Gasteiger partial charge in [-0.1, -0.05) is 6.92 Å². The van der Waals surface area contributed by atoms with Gasteiger partial charge >= 0.3 is 0 Å². The molecule has 1 aliphatic heterocycles. The van der Waals surface area contributed by atoms with Gasteiger partial charge in [-0.3, -0.25) is 19.8 Å².